The van der Waals surface area contributed by atoms with Gasteiger partial charge in [0.25, 0.3) is 0 Å². The molecule has 3 rings (SSSR count). The maximum absolute atomic E-state index is 15.5. The molecule has 0 spiro atoms. The van der Waals surface area contributed by atoms with Crippen LogP contribution >= 0.6 is 11.6 Å². The zero-order valence-electron chi connectivity index (χ0n) is 20.2. The number of anilines is 2. The van der Waals surface area contributed by atoms with E-state index >= 15 is 4.39 Å². The second-order valence-corrected chi connectivity index (χ2v) is 10.3. The first-order valence-electron chi connectivity index (χ1n) is 11.7. The van der Waals surface area contributed by atoms with Crippen LogP contribution < -0.4 is 15.8 Å². The first-order valence-corrected chi connectivity index (χ1v) is 12.1. The standard InChI is InChI=1S/C22H35ClFN7O3/c1-22(2)16(29(3)4)9-10-31(22)19-17(24)18(25-21(23)26-19)27-28-20(33)15(12-30(34)13-32)11-14-7-5-6-8-14/h13-16,34H,5-12H2,1-4H3,(H,28,33)(H,25,26,27). The molecule has 2 aliphatic rings. The molecule has 1 aliphatic carbocycles. The molecule has 2 unspecified atom stereocenters. The van der Waals surface area contributed by atoms with Gasteiger partial charge in [-0.3, -0.25) is 25.6 Å². The van der Waals surface area contributed by atoms with Gasteiger partial charge in [-0.2, -0.15) is 14.4 Å². The lowest BCUT2D eigenvalue weighted by Gasteiger charge is -2.39. The number of nitrogens with zero attached hydrogens (tertiary/aromatic N) is 5. The van der Waals surface area contributed by atoms with Gasteiger partial charge in [-0.05, 0) is 58.3 Å². The summed E-state index contributed by atoms with van der Waals surface area (Å²) in [6.45, 7) is 4.49. The first-order chi connectivity index (χ1) is 16.0. The average Bonchev–Trinajstić information content (AvgIpc) is 3.39. The van der Waals surface area contributed by atoms with Crippen LogP contribution in [0.1, 0.15) is 52.4 Å². The third kappa shape index (κ3) is 5.87. The smallest absolute Gasteiger partial charge is 0.243 e. The Morgan fingerprint density at radius 2 is 2.00 bits per heavy atom. The largest absolute Gasteiger partial charge is 0.347 e. The summed E-state index contributed by atoms with van der Waals surface area (Å²) in [6.07, 6.45) is 5.82. The Bertz CT molecular complexity index is 882. The molecule has 2 atom stereocenters. The van der Waals surface area contributed by atoms with Crippen molar-refractivity contribution in [1.82, 2.24) is 25.4 Å². The van der Waals surface area contributed by atoms with Crippen LogP contribution in [-0.4, -0.2) is 76.2 Å². The minimum atomic E-state index is -0.721. The van der Waals surface area contributed by atoms with Gasteiger partial charge in [-0.15, -0.1) is 0 Å². The maximum atomic E-state index is 15.5. The number of carbonyl (C=O) groups excluding carboxylic acids is 2. The highest BCUT2D eigenvalue weighted by molar-refractivity contribution is 6.28. The van der Waals surface area contributed by atoms with E-state index in [4.69, 9.17) is 11.6 Å². The number of hydrogen-bond donors (Lipinski definition) is 3. The zero-order chi connectivity index (χ0) is 25.0. The third-order valence-corrected chi connectivity index (χ3v) is 7.29. The van der Waals surface area contributed by atoms with E-state index in [1.165, 1.54) is 0 Å². The van der Waals surface area contributed by atoms with Crippen LogP contribution in [0.2, 0.25) is 5.28 Å². The summed E-state index contributed by atoms with van der Waals surface area (Å²) in [5.74, 6) is -1.70. The van der Waals surface area contributed by atoms with Crippen molar-refractivity contribution in [3.05, 3.63) is 11.1 Å². The summed E-state index contributed by atoms with van der Waals surface area (Å²) >= 11 is 6.11. The predicted molar refractivity (Wildman–Crippen MR) is 127 cm³/mol. The molecular formula is C22H35ClFN7O3. The summed E-state index contributed by atoms with van der Waals surface area (Å²) < 4.78 is 15.5. The monoisotopic (exact) mass is 499 g/mol. The normalized spacial score (nSPS) is 21.1. The Morgan fingerprint density at radius 1 is 1.32 bits per heavy atom. The van der Waals surface area contributed by atoms with E-state index in [2.05, 4.69) is 25.7 Å². The van der Waals surface area contributed by atoms with Gasteiger partial charge in [0.05, 0.1) is 18.0 Å². The van der Waals surface area contributed by atoms with E-state index < -0.39 is 23.2 Å². The molecule has 3 N–H and O–H groups in total. The van der Waals surface area contributed by atoms with Crippen molar-refractivity contribution in [3.63, 3.8) is 0 Å². The number of amides is 2. The number of hydroxylamine groups is 2. The van der Waals surface area contributed by atoms with Gasteiger partial charge in [0.15, 0.2) is 11.6 Å². The molecule has 0 radical (unpaired) electrons. The number of hydrogen-bond acceptors (Lipinski definition) is 8. The summed E-state index contributed by atoms with van der Waals surface area (Å²) in [5.41, 5.74) is 4.61. The molecule has 190 valence electrons. The maximum Gasteiger partial charge on any atom is 0.243 e. The van der Waals surface area contributed by atoms with Crippen molar-refractivity contribution in [2.24, 2.45) is 11.8 Å². The van der Waals surface area contributed by atoms with Gasteiger partial charge < -0.3 is 9.80 Å². The summed E-state index contributed by atoms with van der Waals surface area (Å²) in [7, 11) is 3.98. The van der Waals surface area contributed by atoms with Crippen molar-refractivity contribution in [1.29, 1.82) is 0 Å². The fourth-order valence-electron chi connectivity index (χ4n) is 5.42. The second-order valence-electron chi connectivity index (χ2n) is 9.98. The zero-order valence-corrected chi connectivity index (χ0v) is 21.0. The lowest BCUT2D eigenvalue weighted by atomic mass is 9.92. The van der Waals surface area contributed by atoms with E-state index in [0.29, 0.717) is 23.9 Å². The third-order valence-electron chi connectivity index (χ3n) is 7.12. The van der Waals surface area contributed by atoms with Crippen molar-refractivity contribution in [2.45, 2.75) is 64.0 Å². The summed E-state index contributed by atoms with van der Waals surface area (Å²) in [6, 6.07) is 0.187. The topological polar surface area (TPSA) is 114 Å². The molecule has 34 heavy (non-hydrogen) atoms. The van der Waals surface area contributed by atoms with E-state index in [1.54, 1.807) is 0 Å². The van der Waals surface area contributed by atoms with E-state index in [1.807, 2.05) is 32.8 Å². The number of halogens is 2. The minimum Gasteiger partial charge on any atom is -0.347 e. The molecule has 0 aromatic carbocycles. The number of carbonyl (C=O) groups is 2. The number of nitrogens with one attached hydrogen (secondary N) is 2. The van der Waals surface area contributed by atoms with Crippen molar-refractivity contribution in [3.8, 4) is 0 Å². The second kappa shape index (κ2) is 11.0. The van der Waals surface area contributed by atoms with Crippen molar-refractivity contribution < 1.29 is 19.2 Å². The predicted octanol–water partition coefficient (Wildman–Crippen LogP) is 2.68. The molecule has 2 heterocycles. The summed E-state index contributed by atoms with van der Waals surface area (Å²) in [4.78, 5) is 35.8. The molecular weight excluding hydrogens is 465 g/mol. The van der Waals surface area contributed by atoms with E-state index in [0.717, 1.165) is 32.1 Å². The quantitative estimate of drug-likeness (QED) is 0.195. The Labute approximate surface area is 204 Å². The van der Waals surface area contributed by atoms with Crippen LogP contribution in [0.5, 0.6) is 0 Å². The molecule has 1 aromatic rings. The molecule has 1 aliphatic heterocycles. The molecule has 2 amide bonds. The molecule has 1 saturated carbocycles. The van der Waals surface area contributed by atoms with Gasteiger partial charge in [0.1, 0.15) is 0 Å². The molecule has 2 fully saturated rings. The fraction of sp³-hybridized carbons (Fsp3) is 0.727. The highest BCUT2D eigenvalue weighted by atomic mass is 35.5. The van der Waals surface area contributed by atoms with Gasteiger partial charge in [0, 0.05) is 12.6 Å². The highest BCUT2D eigenvalue weighted by Crippen LogP contribution is 2.38. The van der Waals surface area contributed by atoms with Crippen LogP contribution in [0.3, 0.4) is 0 Å². The van der Waals surface area contributed by atoms with Gasteiger partial charge in [0.2, 0.25) is 23.4 Å². The Morgan fingerprint density at radius 3 is 2.59 bits per heavy atom. The van der Waals surface area contributed by atoms with Crippen LogP contribution in [0.25, 0.3) is 0 Å². The van der Waals surface area contributed by atoms with E-state index in [-0.39, 0.29) is 35.9 Å². The van der Waals surface area contributed by atoms with Crippen LogP contribution in [0.4, 0.5) is 16.0 Å². The Balaban J connectivity index is 1.75. The minimum absolute atomic E-state index is 0.0658. The van der Waals surface area contributed by atoms with Crippen LogP contribution in [-0.2, 0) is 9.59 Å². The number of rotatable bonds is 10. The molecule has 10 nitrogen and oxygen atoms in total. The van der Waals surface area contributed by atoms with Crippen LogP contribution in [0.15, 0.2) is 0 Å². The SMILES string of the molecule is CN(C)C1CCN(c2nc(Cl)nc(NNC(=O)C(CC3CCCC3)CN(O)C=O)c2F)C1(C)C. The first kappa shape index (κ1) is 26.4. The van der Waals surface area contributed by atoms with Crippen molar-refractivity contribution in [2.75, 3.05) is 37.5 Å². The Hall–Kier alpha value is -2.24. The molecule has 12 heteroatoms. The highest BCUT2D eigenvalue weighted by Gasteiger charge is 2.44. The fourth-order valence-corrected chi connectivity index (χ4v) is 5.58. The van der Waals surface area contributed by atoms with Crippen molar-refractivity contribution >= 4 is 35.6 Å². The molecule has 1 aromatic heterocycles. The van der Waals surface area contributed by atoms with Gasteiger partial charge in [-0.25, -0.2) is 5.06 Å². The summed E-state index contributed by atoms with van der Waals surface area (Å²) in [5, 5.41) is 9.95. The van der Waals surface area contributed by atoms with Crippen LogP contribution in [0, 0.1) is 17.7 Å². The molecule has 1 saturated heterocycles. The lowest BCUT2D eigenvalue weighted by Crippen LogP contribution is -2.51. The van der Waals surface area contributed by atoms with E-state index in [9.17, 15) is 14.8 Å². The molecule has 0 bridgehead atoms. The lowest BCUT2D eigenvalue weighted by molar-refractivity contribution is -0.154. The average molecular weight is 500 g/mol. The number of likely N-dealkylation sites (N-methyl/N-ethyl adjacent to an activating group) is 1. The van der Waals surface area contributed by atoms with Gasteiger partial charge >= 0.3 is 0 Å². The van der Waals surface area contributed by atoms with Gasteiger partial charge in [-0.1, -0.05) is 25.7 Å². The Kier molecular flexibility index (Phi) is 8.53. The number of hydrazine groups is 1. The number of aromatic nitrogens is 2.